The summed E-state index contributed by atoms with van der Waals surface area (Å²) >= 11 is 0. The number of carbonyl (C=O) groups is 3. The summed E-state index contributed by atoms with van der Waals surface area (Å²) in [4.78, 5) is 42.7. The van der Waals surface area contributed by atoms with Crippen molar-refractivity contribution in [2.75, 3.05) is 20.6 Å². The van der Waals surface area contributed by atoms with Crippen LogP contribution in [0.1, 0.15) is 21.7 Å². The van der Waals surface area contributed by atoms with Crippen molar-refractivity contribution in [3.63, 3.8) is 0 Å². The molecule has 3 N–H and O–H groups in total. The van der Waals surface area contributed by atoms with E-state index in [-0.39, 0.29) is 19.0 Å². The third-order valence-corrected chi connectivity index (χ3v) is 4.06. The van der Waals surface area contributed by atoms with E-state index >= 15 is 0 Å². The highest BCUT2D eigenvalue weighted by Crippen LogP contribution is 2.25. The molecule has 0 aliphatic carbocycles. The van der Waals surface area contributed by atoms with Crippen LogP contribution in [0.5, 0.6) is 0 Å². The van der Waals surface area contributed by atoms with Gasteiger partial charge in [-0.2, -0.15) is 5.10 Å². The molecule has 23 heavy (non-hydrogen) atoms. The van der Waals surface area contributed by atoms with Crippen LogP contribution in [0.25, 0.3) is 0 Å². The first kappa shape index (κ1) is 15.3. The molecule has 2 aliphatic rings. The highest BCUT2D eigenvalue weighted by Gasteiger charge is 2.36. The Bertz CT molecular complexity index is 684. The summed E-state index contributed by atoms with van der Waals surface area (Å²) in [7, 11) is 2.94. The average molecular weight is 322 g/mol. The van der Waals surface area contributed by atoms with Gasteiger partial charge in [0.2, 0.25) is 0 Å². The van der Waals surface area contributed by atoms with Gasteiger partial charge in [0.15, 0.2) is 6.10 Å². The molecular weight excluding hydrogens is 304 g/mol. The van der Waals surface area contributed by atoms with Crippen LogP contribution in [-0.4, -0.2) is 64.3 Å². The van der Waals surface area contributed by atoms with Crippen LogP contribution in [0.4, 0.5) is 4.79 Å². The first-order valence-corrected chi connectivity index (χ1v) is 7.21. The number of carbonyl (C=O) groups excluding carboxylic acids is 3. The van der Waals surface area contributed by atoms with Gasteiger partial charge in [-0.25, -0.2) is 9.86 Å². The second-order valence-corrected chi connectivity index (χ2v) is 5.48. The largest absolute Gasteiger partial charge is 0.357 e. The molecule has 124 valence electrons. The number of fused-ring (bicyclic) bond motifs is 3. The number of primary amides is 1. The van der Waals surface area contributed by atoms with Crippen molar-refractivity contribution >= 4 is 17.8 Å². The number of aromatic nitrogens is 2. The zero-order valence-corrected chi connectivity index (χ0v) is 12.9. The van der Waals surface area contributed by atoms with Crippen molar-refractivity contribution in [3.8, 4) is 0 Å². The quantitative estimate of drug-likeness (QED) is 0.648. The molecule has 0 bridgehead atoms. The van der Waals surface area contributed by atoms with Crippen molar-refractivity contribution in [3.05, 3.63) is 17.0 Å². The maximum atomic E-state index is 12.6. The Morgan fingerprint density at radius 3 is 2.83 bits per heavy atom. The van der Waals surface area contributed by atoms with Crippen molar-refractivity contribution in [1.29, 1.82) is 0 Å². The second-order valence-electron chi connectivity index (χ2n) is 5.48. The number of hydroxylamine groups is 2. The zero-order chi connectivity index (χ0) is 16.7. The van der Waals surface area contributed by atoms with Gasteiger partial charge in [0, 0.05) is 32.6 Å². The highest BCUT2D eigenvalue weighted by molar-refractivity contribution is 5.94. The fourth-order valence-electron chi connectivity index (χ4n) is 2.86. The first-order valence-electron chi connectivity index (χ1n) is 7.21. The van der Waals surface area contributed by atoms with Gasteiger partial charge in [0.05, 0.1) is 18.8 Å². The van der Waals surface area contributed by atoms with Crippen molar-refractivity contribution in [2.45, 2.75) is 25.6 Å². The average Bonchev–Trinajstić information content (AvgIpc) is 2.83. The van der Waals surface area contributed by atoms with E-state index < -0.39 is 18.0 Å². The van der Waals surface area contributed by atoms with Gasteiger partial charge in [-0.05, 0) is 0 Å². The van der Waals surface area contributed by atoms with Crippen LogP contribution in [0, 0.1) is 0 Å². The Balaban J connectivity index is 2.01. The smallest absolute Gasteiger partial charge is 0.315 e. The molecule has 0 radical (unpaired) electrons. The number of nitrogens with zero attached hydrogens (tertiary/aromatic N) is 4. The molecule has 4 amide bonds. The molecule has 0 aromatic carbocycles. The zero-order valence-electron chi connectivity index (χ0n) is 12.9. The Morgan fingerprint density at radius 1 is 1.43 bits per heavy atom. The molecule has 0 saturated heterocycles. The van der Waals surface area contributed by atoms with Gasteiger partial charge in [0.1, 0.15) is 5.69 Å². The first-order chi connectivity index (χ1) is 10.9. The van der Waals surface area contributed by atoms with Gasteiger partial charge in [-0.15, -0.1) is 0 Å². The predicted octanol–water partition coefficient (Wildman–Crippen LogP) is -1.55. The van der Waals surface area contributed by atoms with Crippen LogP contribution >= 0.6 is 0 Å². The van der Waals surface area contributed by atoms with E-state index in [4.69, 9.17) is 10.6 Å². The molecule has 1 unspecified atom stereocenters. The molecule has 10 heteroatoms. The number of amides is 4. The summed E-state index contributed by atoms with van der Waals surface area (Å²) in [5.41, 5.74) is 7.07. The van der Waals surface area contributed by atoms with Crippen LogP contribution in [0.3, 0.4) is 0 Å². The molecule has 0 saturated carbocycles. The highest BCUT2D eigenvalue weighted by atomic mass is 16.7. The molecule has 1 aromatic heterocycles. The lowest BCUT2D eigenvalue weighted by Gasteiger charge is -2.25. The third-order valence-electron chi connectivity index (χ3n) is 4.06. The fraction of sp³-hybridized carbons (Fsp3) is 0.538. The maximum Gasteiger partial charge on any atom is 0.315 e. The molecule has 0 fully saturated rings. The van der Waals surface area contributed by atoms with Gasteiger partial charge in [-0.1, -0.05) is 0 Å². The minimum absolute atomic E-state index is 0.120. The summed E-state index contributed by atoms with van der Waals surface area (Å²) in [5, 5.41) is 7.96. The van der Waals surface area contributed by atoms with E-state index in [2.05, 4.69) is 10.4 Å². The molecule has 3 heterocycles. The molecular formula is C13H18N6O4. The van der Waals surface area contributed by atoms with Crippen LogP contribution < -0.4 is 11.1 Å². The minimum atomic E-state index is -0.858. The van der Waals surface area contributed by atoms with Crippen molar-refractivity contribution < 1.29 is 19.2 Å². The molecule has 3 rings (SSSR count). The van der Waals surface area contributed by atoms with Gasteiger partial charge in [0.25, 0.3) is 11.8 Å². The van der Waals surface area contributed by atoms with Crippen molar-refractivity contribution in [2.24, 2.45) is 5.73 Å². The van der Waals surface area contributed by atoms with Crippen LogP contribution in [0.2, 0.25) is 0 Å². The lowest BCUT2D eigenvalue weighted by Crippen LogP contribution is -2.41. The molecule has 1 atom stereocenters. The van der Waals surface area contributed by atoms with Crippen LogP contribution in [0.15, 0.2) is 0 Å². The normalized spacial score (nSPS) is 20.6. The number of nitrogens with one attached hydrogen (secondary N) is 1. The van der Waals surface area contributed by atoms with E-state index in [1.54, 1.807) is 0 Å². The predicted molar refractivity (Wildman–Crippen MR) is 77.0 cm³/mol. The Labute approximate surface area is 132 Å². The molecule has 1 aromatic rings. The molecule has 10 nitrogen and oxygen atoms in total. The summed E-state index contributed by atoms with van der Waals surface area (Å²) in [6, 6.07) is -0.537. The van der Waals surface area contributed by atoms with E-state index in [9.17, 15) is 14.4 Å². The van der Waals surface area contributed by atoms with E-state index in [1.165, 1.54) is 23.7 Å². The second kappa shape index (κ2) is 5.54. The van der Waals surface area contributed by atoms with E-state index in [1.807, 2.05) is 0 Å². The number of hydrogen-bond acceptors (Lipinski definition) is 5. The number of nitrogens with two attached hydrogens (primary N) is 1. The lowest BCUT2D eigenvalue weighted by molar-refractivity contribution is -0.168. The Morgan fingerprint density at radius 2 is 2.17 bits per heavy atom. The van der Waals surface area contributed by atoms with Gasteiger partial charge < -0.3 is 16.0 Å². The lowest BCUT2D eigenvalue weighted by atomic mass is 10.1. The molecule has 0 spiro atoms. The fourth-order valence-corrected chi connectivity index (χ4v) is 2.86. The van der Waals surface area contributed by atoms with Gasteiger partial charge in [-0.3, -0.25) is 19.1 Å². The monoisotopic (exact) mass is 322 g/mol. The number of rotatable bonds is 1. The summed E-state index contributed by atoms with van der Waals surface area (Å²) in [6.07, 6.45) is -0.343. The summed E-state index contributed by atoms with van der Waals surface area (Å²) in [5.74, 6) is -0.749. The summed E-state index contributed by atoms with van der Waals surface area (Å²) < 4.78 is 1.49. The summed E-state index contributed by atoms with van der Waals surface area (Å²) in [6.45, 7) is 0.803. The maximum absolute atomic E-state index is 12.6. The SMILES string of the molecule is CNC(=O)C1Cn2nc3c(c2C(=O)N(C)O1)CN(C(N)=O)CC3. The van der Waals surface area contributed by atoms with Crippen molar-refractivity contribution in [1.82, 2.24) is 25.1 Å². The Kier molecular flexibility index (Phi) is 3.68. The molecule has 2 aliphatic heterocycles. The van der Waals surface area contributed by atoms with E-state index in [0.717, 1.165) is 10.8 Å². The third kappa shape index (κ3) is 2.50. The van der Waals surface area contributed by atoms with Gasteiger partial charge >= 0.3 is 6.03 Å². The van der Waals surface area contributed by atoms with Crippen LogP contribution in [-0.2, 0) is 29.1 Å². The number of likely N-dealkylation sites (N-methyl/N-ethyl adjacent to an activating group) is 1. The Hall–Kier alpha value is -2.62. The number of urea groups is 1. The standard InChI is InChI=1S/C13H18N6O4/c1-15-11(20)9-6-19-10(12(21)17(2)23-9)7-5-18(13(14)22)4-3-8(7)16-19/h9H,3-6H2,1-2H3,(H2,14,22)(H,15,20). The topological polar surface area (TPSA) is 123 Å². The van der Waals surface area contributed by atoms with E-state index in [0.29, 0.717) is 24.2 Å². The number of hydrogen-bond donors (Lipinski definition) is 2. The minimum Gasteiger partial charge on any atom is -0.357 e.